The highest BCUT2D eigenvalue weighted by Gasteiger charge is 2.23. The first-order valence-corrected chi connectivity index (χ1v) is 9.01. The Labute approximate surface area is 138 Å². The summed E-state index contributed by atoms with van der Waals surface area (Å²) in [6.07, 6.45) is 4.76. The predicted molar refractivity (Wildman–Crippen MR) is 93.6 cm³/mol. The molecule has 0 aliphatic carbocycles. The maximum atomic E-state index is 10.4. The van der Waals surface area contributed by atoms with Crippen LogP contribution in [0.2, 0.25) is 0 Å². The van der Waals surface area contributed by atoms with Gasteiger partial charge in [-0.3, -0.25) is 4.90 Å². The van der Waals surface area contributed by atoms with E-state index >= 15 is 0 Å². The summed E-state index contributed by atoms with van der Waals surface area (Å²) in [5.74, 6) is 0. The van der Waals surface area contributed by atoms with Gasteiger partial charge >= 0.3 is 0 Å². The monoisotopic (exact) mass is 313 g/mol. The molecule has 2 aliphatic heterocycles. The van der Waals surface area contributed by atoms with Crippen molar-refractivity contribution in [3.8, 4) is 0 Å². The number of nitrogens with zero attached hydrogens (tertiary/aromatic N) is 2. The number of para-hydroxylation sites is 1. The Hall–Kier alpha value is -1.36. The third-order valence-electron chi connectivity index (χ3n) is 5.35. The van der Waals surface area contributed by atoms with Crippen molar-refractivity contribution in [2.24, 2.45) is 0 Å². The zero-order valence-electron chi connectivity index (χ0n) is 13.8. The van der Waals surface area contributed by atoms with E-state index in [-0.39, 0.29) is 6.10 Å². The molecule has 1 aromatic heterocycles. The van der Waals surface area contributed by atoms with E-state index in [0.717, 1.165) is 45.7 Å². The van der Waals surface area contributed by atoms with Crippen molar-refractivity contribution in [1.82, 2.24) is 14.8 Å². The average Bonchev–Trinajstić information content (AvgIpc) is 2.93. The smallest absolute Gasteiger partial charge is 0.0793 e. The van der Waals surface area contributed by atoms with Crippen LogP contribution < -0.4 is 0 Å². The van der Waals surface area contributed by atoms with E-state index < -0.39 is 0 Å². The molecule has 0 amide bonds. The number of aromatic nitrogens is 1. The van der Waals surface area contributed by atoms with Crippen LogP contribution in [0, 0.1) is 0 Å². The summed E-state index contributed by atoms with van der Waals surface area (Å²) in [6, 6.07) is 8.57. The topological polar surface area (TPSA) is 42.5 Å². The number of benzene rings is 1. The lowest BCUT2D eigenvalue weighted by Gasteiger charge is -2.32. The van der Waals surface area contributed by atoms with Crippen LogP contribution in [0.5, 0.6) is 0 Å². The lowest BCUT2D eigenvalue weighted by Crippen LogP contribution is -2.43. The van der Waals surface area contributed by atoms with Gasteiger partial charge in [0.15, 0.2) is 0 Å². The van der Waals surface area contributed by atoms with Gasteiger partial charge in [-0.2, -0.15) is 0 Å². The fraction of sp³-hybridized carbons (Fsp3) is 0.579. The maximum Gasteiger partial charge on any atom is 0.0793 e. The summed E-state index contributed by atoms with van der Waals surface area (Å²) < 4.78 is 0. The molecule has 0 bridgehead atoms. The first-order chi connectivity index (χ1) is 11.3. The molecule has 4 rings (SSSR count). The molecule has 0 spiro atoms. The van der Waals surface area contributed by atoms with Gasteiger partial charge in [0.1, 0.15) is 0 Å². The van der Waals surface area contributed by atoms with E-state index in [1.807, 2.05) is 0 Å². The summed E-state index contributed by atoms with van der Waals surface area (Å²) in [5.41, 5.74) is 4.05. The summed E-state index contributed by atoms with van der Waals surface area (Å²) in [4.78, 5) is 8.39. The molecule has 1 fully saturated rings. The molecule has 124 valence electrons. The van der Waals surface area contributed by atoms with Gasteiger partial charge in [0.2, 0.25) is 0 Å². The molecule has 0 radical (unpaired) electrons. The Morgan fingerprint density at radius 3 is 2.65 bits per heavy atom. The number of aromatic amines is 1. The third-order valence-corrected chi connectivity index (χ3v) is 5.35. The third kappa shape index (κ3) is 3.30. The Morgan fingerprint density at radius 2 is 1.78 bits per heavy atom. The number of piperidine rings is 1. The SMILES string of the molecule is OC(CN1CCCCC1)CN1CCc2c([nH]c3ccccc23)C1. The molecule has 1 saturated heterocycles. The molecule has 3 heterocycles. The number of rotatable bonds is 4. The zero-order valence-corrected chi connectivity index (χ0v) is 13.8. The van der Waals surface area contributed by atoms with E-state index in [4.69, 9.17) is 0 Å². The van der Waals surface area contributed by atoms with Crippen LogP contribution in [0.3, 0.4) is 0 Å². The average molecular weight is 313 g/mol. The highest BCUT2D eigenvalue weighted by atomic mass is 16.3. The summed E-state index contributed by atoms with van der Waals surface area (Å²) in [7, 11) is 0. The Kier molecular flexibility index (Phi) is 4.38. The van der Waals surface area contributed by atoms with Gasteiger partial charge in [-0.05, 0) is 44.0 Å². The minimum absolute atomic E-state index is 0.237. The Balaban J connectivity index is 1.38. The predicted octanol–water partition coefficient (Wildman–Crippen LogP) is 2.37. The normalized spacial score (nSPS) is 21.4. The lowest BCUT2D eigenvalue weighted by molar-refractivity contribution is 0.0626. The van der Waals surface area contributed by atoms with Crippen LogP contribution in [-0.4, -0.2) is 58.7 Å². The molecular formula is C19H27N3O. The fourth-order valence-corrected chi connectivity index (χ4v) is 4.20. The maximum absolute atomic E-state index is 10.4. The molecule has 2 aromatic rings. The second-order valence-corrected chi connectivity index (χ2v) is 7.13. The van der Waals surface area contributed by atoms with Crippen LogP contribution in [0.4, 0.5) is 0 Å². The standard InChI is InChI=1S/C19H27N3O/c23-15(12-21-9-4-1-5-10-21)13-22-11-8-17-16-6-2-3-7-18(16)20-19(17)14-22/h2-3,6-7,15,20,23H,1,4-5,8-14H2. The number of H-pyrrole nitrogens is 1. The molecule has 1 atom stereocenters. The molecule has 2 N–H and O–H groups in total. The van der Waals surface area contributed by atoms with E-state index in [1.54, 1.807) is 0 Å². The van der Waals surface area contributed by atoms with Crippen molar-refractivity contribution in [1.29, 1.82) is 0 Å². The van der Waals surface area contributed by atoms with Crippen molar-refractivity contribution < 1.29 is 5.11 Å². The second kappa shape index (κ2) is 6.63. The number of likely N-dealkylation sites (tertiary alicyclic amines) is 1. The highest BCUT2D eigenvalue weighted by Crippen LogP contribution is 2.27. The molecule has 0 saturated carbocycles. The van der Waals surface area contributed by atoms with E-state index in [2.05, 4.69) is 39.0 Å². The lowest BCUT2D eigenvalue weighted by atomic mass is 10.0. The number of hydrogen-bond acceptors (Lipinski definition) is 3. The van der Waals surface area contributed by atoms with Gasteiger partial charge < -0.3 is 15.0 Å². The summed E-state index contributed by atoms with van der Waals surface area (Å²) in [5, 5.41) is 11.8. The largest absolute Gasteiger partial charge is 0.390 e. The molecule has 1 unspecified atom stereocenters. The summed E-state index contributed by atoms with van der Waals surface area (Å²) >= 11 is 0. The van der Waals surface area contributed by atoms with Crippen LogP contribution >= 0.6 is 0 Å². The number of β-amino-alcohol motifs (C(OH)–C–C–N with tert-alkyl or cyclic N) is 1. The van der Waals surface area contributed by atoms with Crippen molar-refractivity contribution in [3.63, 3.8) is 0 Å². The number of nitrogens with one attached hydrogen (secondary N) is 1. The number of hydrogen-bond donors (Lipinski definition) is 2. The molecular weight excluding hydrogens is 286 g/mol. The van der Waals surface area contributed by atoms with Gasteiger partial charge in [-0.15, -0.1) is 0 Å². The zero-order chi connectivity index (χ0) is 15.6. The van der Waals surface area contributed by atoms with Gasteiger partial charge in [-0.1, -0.05) is 24.6 Å². The van der Waals surface area contributed by atoms with Crippen LogP contribution in [0.1, 0.15) is 30.5 Å². The molecule has 1 aromatic carbocycles. The molecule has 4 nitrogen and oxygen atoms in total. The van der Waals surface area contributed by atoms with Crippen molar-refractivity contribution in [2.45, 2.75) is 38.3 Å². The van der Waals surface area contributed by atoms with Crippen molar-refractivity contribution in [2.75, 3.05) is 32.7 Å². The first kappa shape index (κ1) is 15.2. The van der Waals surface area contributed by atoms with E-state index in [1.165, 1.54) is 41.4 Å². The fourth-order valence-electron chi connectivity index (χ4n) is 4.20. The minimum atomic E-state index is -0.237. The molecule has 4 heteroatoms. The van der Waals surface area contributed by atoms with E-state index in [0.29, 0.717) is 0 Å². The second-order valence-electron chi connectivity index (χ2n) is 7.13. The minimum Gasteiger partial charge on any atom is -0.390 e. The first-order valence-electron chi connectivity index (χ1n) is 9.01. The van der Waals surface area contributed by atoms with Crippen molar-refractivity contribution >= 4 is 10.9 Å². The van der Waals surface area contributed by atoms with Crippen LogP contribution in [0.15, 0.2) is 24.3 Å². The molecule has 2 aliphatic rings. The molecule has 23 heavy (non-hydrogen) atoms. The quantitative estimate of drug-likeness (QED) is 0.911. The van der Waals surface area contributed by atoms with E-state index in [9.17, 15) is 5.11 Å². The van der Waals surface area contributed by atoms with Gasteiger partial charge in [0.05, 0.1) is 6.10 Å². The summed E-state index contributed by atoms with van der Waals surface area (Å²) in [6.45, 7) is 5.90. The Morgan fingerprint density at radius 1 is 1.00 bits per heavy atom. The number of aliphatic hydroxyl groups excluding tert-OH is 1. The van der Waals surface area contributed by atoms with Gasteiger partial charge in [0, 0.05) is 42.8 Å². The number of fused-ring (bicyclic) bond motifs is 3. The van der Waals surface area contributed by atoms with Crippen LogP contribution in [0.25, 0.3) is 10.9 Å². The van der Waals surface area contributed by atoms with Gasteiger partial charge in [-0.25, -0.2) is 0 Å². The van der Waals surface area contributed by atoms with Gasteiger partial charge in [0.25, 0.3) is 0 Å². The number of aliphatic hydroxyl groups is 1. The van der Waals surface area contributed by atoms with Crippen LogP contribution in [-0.2, 0) is 13.0 Å². The highest BCUT2D eigenvalue weighted by molar-refractivity contribution is 5.84. The van der Waals surface area contributed by atoms with Crippen molar-refractivity contribution in [3.05, 3.63) is 35.5 Å². The Bertz CT molecular complexity index is 660.